The molecule has 0 amide bonds. The number of ether oxygens (including phenoxy) is 2. The number of carbonyl (C=O) groups excluding carboxylic acids is 1. The summed E-state index contributed by atoms with van der Waals surface area (Å²) in [6.45, 7) is 12.7. The Morgan fingerprint density at radius 3 is 2.55 bits per heavy atom. The molecule has 1 aliphatic carbocycles. The Kier molecular flexibility index (Phi) is 6.41. The molecule has 1 unspecified atom stereocenters. The van der Waals surface area contributed by atoms with Gasteiger partial charge in [-0.25, -0.2) is 0 Å². The first-order valence-corrected chi connectivity index (χ1v) is 7.72. The van der Waals surface area contributed by atoms with Crippen molar-refractivity contribution in [2.75, 3.05) is 6.61 Å². The van der Waals surface area contributed by atoms with Gasteiger partial charge in [0.1, 0.15) is 6.10 Å². The number of rotatable bonds is 6. The van der Waals surface area contributed by atoms with Crippen molar-refractivity contribution in [3.8, 4) is 0 Å². The lowest BCUT2D eigenvalue weighted by Gasteiger charge is -2.34. The van der Waals surface area contributed by atoms with Gasteiger partial charge >= 0.3 is 0 Å². The summed E-state index contributed by atoms with van der Waals surface area (Å²) in [7, 11) is 0. The number of carbonyl (C=O) groups is 1. The van der Waals surface area contributed by atoms with Crippen molar-refractivity contribution in [3.05, 3.63) is 11.6 Å². The molecule has 0 aliphatic heterocycles. The van der Waals surface area contributed by atoms with Crippen LogP contribution in [0, 0.1) is 11.3 Å². The normalized spacial score (nSPS) is 23.1. The van der Waals surface area contributed by atoms with Crippen LogP contribution in [0.3, 0.4) is 0 Å². The fraction of sp³-hybridized carbons (Fsp3) is 0.824. The highest BCUT2D eigenvalue weighted by Crippen LogP contribution is 2.32. The Morgan fingerprint density at radius 2 is 2.10 bits per heavy atom. The van der Waals surface area contributed by atoms with Gasteiger partial charge in [0, 0.05) is 12.5 Å². The minimum atomic E-state index is -0.402. The predicted molar refractivity (Wildman–Crippen MR) is 81.5 cm³/mol. The number of ketones is 1. The zero-order valence-corrected chi connectivity index (χ0v) is 13.9. The maximum Gasteiger partial charge on any atom is 0.165 e. The van der Waals surface area contributed by atoms with Gasteiger partial charge in [-0.2, -0.15) is 0 Å². The van der Waals surface area contributed by atoms with Gasteiger partial charge in [0.25, 0.3) is 0 Å². The van der Waals surface area contributed by atoms with E-state index < -0.39 is 6.10 Å². The van der Waals surface area contributed by atoms with Crippen molar-refractivity contribution in [2.45, 2.75) is 73.2 Å². The second-order valence-electron chi connectivity index (χ2n) is 6.83. The van der Waals surface area contributed by atoms with Crippen molar-refractivity contribution in [2.24, 2.45) is 11.3 Å². The van der Waals surface area contributed by atoms with E-state index in [0.717, 1.165) is 19.3 Å². The molecule has 116 valence electrons. The molecule has 1 aliphatic rings. The van der Waals surface area contributed by atoms with Gasteiger partial charge in [-0.15, -0.1) is 0 Å². The van der Waals surface area contributed by atoms with E-state index in [1.54, 1.807) is 0 Å². The first kappa shape index (κ1) is 17.4. The highest BCUT2D eigenvalue weighted by molar-refractivity contribution is 5.86. The van der Waals surface area contributed by atoms with Gasteiger partial charge in [0.05, 0.1) is 0 Å². The number of allylic oxidation sites excluding steroid dienone is 2. The minimum Gasteiger partial charge on any atom is -0.353 e. The number of hydrogen-bond acceptors (Lipinski definition) is 3. The van der Waals surface area contributed by atoms with Crippen LogP contribution in [0.2, 0.25) is 0 Å². The van der Waals surface area contributed by atoms with Crippen LogP contribution >= 0.6 is 0 Å². The van der Waals surface area contributed by atoms with E-state index in [1.807, 2.05) is 13.8 Å². The largest absolute Gasteiger partial charge is 0.353 e. The highest BCUT2D eigenvalue weighted by Gasteiger charge is 2.37. The Morgan fingerprint density at radius 1 is 1.45 bits per heavy atom. The molecule has 3 nitrogen and oxygen atoms in total. The van der Waals surface area contributed by atoms with E-state index in [9.17, 15) is 4.79 Å². The second-order valence-corrected chi connectivity index (χ2v) is 6.83. The van der Waals surface area contributed by atoms with Crippen LogP contribution in [0.5, 0.6) is 0 Å². The average Bonchev–Trinajstić information content (AvgIpc) is 2.35. The van der Waals surface area contributed by atoms with E-state index in [-0.39, 0.29) is 23.4 Å². The third-order valence-electron chi connectivity index (χ3n) is 3.81. The fourth-order valence-corrected chi connectivity index (χ4v) is 2.60. The molecule has 3 atom stereocenters. The molecule has 3 heteroatoms. The predicted octanol–water partition coefficient (Wildman–Crippen LogP) is 4.12. The van der Waals surface area contributed by atoms with Gasteiger partial charge in [0.2, 0.25) is 0 Å². The molecule has 1 rings (SSSR count). The van der Waals surface area contributed by atoms with Crippen LogP contribution in [0.1, 0.15) is 60.8 Å². The molecule has 0 heterocycles. The zero-order chi connectivity index (χ0) is 15.3. The quantitative estimate of drug-likeness (QED) is 0.543. The molecular weight excluding hydrogens is 252 g/mol. The first-order chi connectivity index (χ1) is 9.25. The van der Waals surface area contributed by atoms with E-state index in [0.29, 0.717) is 6.61 Å². The Balaban J connectivity index is 2.75. The molecule has 0 N–H and O–H groups in total. The first-order valence-electron chi connectivity index (χ1n) is 7.72. The smallest absolute Gasteiger partial charge is 0.165 e. The topological polar surface area (TPSA) is 35.5 Å². The second kappa shape index (κ2) is 7.37. The van der Waals surface area contributed by atoms with Crippen LogP contribution in [-0.4, -0.2) is 24.8 Å². The monoisotopic (exact) mass is 282 g/mol. The summed E-state index contributed by atoms with van der Waals surface area (Å²) in [6.07, 6.45) is 4.27. The van der Waals surface area contributed by atoms with Gasteiger partial charge < -0.3 is 9.47 Å². The third-order valence-corrected chi connectivity index (χ3v) is 3.81. The van der Waals surface area contributed by atoms with Crippen LogP contribution in [0.15, 0.2) is 11.6 Å². The molecule has 20 heavy (non-hydrogen) atoms. The van der Waals surface area contributed by atoms with Crippen molar-refractivity contribution < 1.29 is 14.3 Å². The molecule has 0 aromatic carbocycles. The molecular formula is C17H30O3. The van der Waals surface area contributed by atoms with Crippen LogP contribution in [0.25, 0.3) is 0 Å². The van der Waals surface area contributed by atoms with Gasteiger partial charge in [-0.05, 0) is 45.4 Å². The van der Waals surface area contributed by atoms with Gasteiger partial charge in [0.15, 0.2) is 12.1 Å². The summed E-state index contributed by atoms with van der Waals surface area (Å²) < 4.78 is 11.3. The Bertz CT molecular complexity index is 352. The minimum absolute atomic E-state index is 0.0942. The number of Topliss-reactive ketones (excluding diaryl/α,β-unsaturated/α-hetero) is 1. The molecule has 0 saturated heterocycles. The fourth-order valence-electron chi connectivity index (χ4n) is 2.60. The van der Waals surface area contributed by atoms with E-state index in [4.69, 9.17) is 9.47 Å². The van der Waals surface area contributed by atoms with Crippen LogP contribution in [-0.2, 0) is 14.3 Å². The SMILES string of the molecule is CCOC(C)O[C@H](C(=O)[C@@H]1CC=C(C)CC1)C(C)(C)C. The van der Waals surface area contributed by atoms with Crippen LogP contribution in [0.4, 0.5) is 0 Å². The maximum atomic E-state index is 12.8. The summed E-state index contributed by atoms with van der Waals surface area (Å²) in [5, 5.41) is 0. The lowest BCUT2D eigenvalue weighted by molar-refractivity contribution is -0.189. The summed E-state index contributed by atoms with van der Waals surface area (Å²) in [5.41, 5.74) is 1.18. The van der Waals surface area contributed by atoms with Crippen molar-refractivity contribution in [3.63, 3.8) is 0 Å². The summed E-state index contributed by atoms with van der Waals surface area (Å²) in [4.78, 5) is 12.8. The summed E-state index contributed by atoms with van der Waals surface area (Å²) in [6, 6.07) is 0. The molecule has 0 bridgehead atoms. The molecule has 0 spiro atoms. The van der Waals surface area contributed by atoms with E-state index >= 15 is 0 Å². The Hall–Kier alpha value is -0.670. The molecule has 0 aromatic heterocycles. The molecule has 0 radical (unpaired) electrons. The lowest BCUT2D eigenvalue weighted by Crippen LogP contribution is -2.43. The number of hydrogen-bond donors (Lipinski definition) is 0. The van der Waals surface area contributed by atoms with Crippen molar-refractivity contribution >= 4 is 5.78 Å². The summed E-state index contributed by atoms with van der Waals surface area (Å²) >= 11 is 0. The molecule has 0 aromatic rings. The van der Waals surface area contributed by atoms with E-state index in [2.05, 4.69) is 33.8 Å². The van der Waals surface area contributed by atoms with Crippen molar-refractivity contribution in [1.29, 1.82) is 0 Å². The average molecular weight is 282 g/mol. The van der Waals surface area contributed by atoms with Crippen LogP contribution < -0.4 is 0 Å². The molecule has 0 fully saturated rings. The van der Waals surface area contributed by atoms with Gasteiger partial charge in [-0.1, -0.05) is 32.4 Å². The standard InChI is InChI=1S/C17H30O3/c1-7-19-13(3)20-16(17(4,5)6)15(18)14-10-8-12(2)9-11-14/h8,13-14,16H,7,9-11H2,1-6H3/t13?,14-,16-/m1/s1. The third kappa shape index (κ3) is 5.02. The summed E-state index contributed by atoms with van der Waals surface area (Å²) in [5.74, 6) is 0.324. The molecule has 0 saturated carbocycles. The van der Waals surface area contributed by atoms with Gasteiger partial charge in [-0.3, -0.25) is 4.79 Å². The zero-order valence-electron chi connectivity index (χ0n) is 13.9. The van der Waals surface area contributed by atoms with Crippen molar-refractivity contribution in [1.82, 2.24) is 0 Å². The Labute approximate surface area is 123 Å². The maximum absolute atomic E-state index is 12.8. The highest BCUT2D eigenvalue weighted by atomic mass is 16.7. The van der Waals surface area contributed by atoms with E-state index in [1.165, 1.54) is 5.57 Å². The lowest BCUT2D eigenvalue weighted by atomic mass is 9.78.